The number of hydrogen-bond donors (Lipinski definition) is 2. The minimum absolute atomic E-state index is 0.0391. The first-order chi connectivity index (χ1) is 16.8. The minimum Gasteiger partial charge on any atom is -0.350 e. The number of rotatable bonds is 8. The molecule has 0 aliphatic carbocycles. The molecular weight excluding hydrogens is 458 g/mol. The number of imide groups is 1. The summed E-state index contributed by atoms with van der Waals surface area (Å²) in [5.41, 5.74) is 3.26. The molecule has 0 fully saturated rings. The fourth-order valence-electron chi connectivity index (χ4n) is 3.61. The molecular formula is C28H27N3O3S. The topological polar surface area (TPSA) is 78.5 Å². The summed E-state index contributed by atoms with van der Waals surface area (Å²) in [6.07, 6.45) is 0.448. The molecule has 3 amide bonds. The molecule has 1 heterocycles. The Morgan fingerprint density at radius 2 is 1.49 bits per heavy atom. The van der Waals surface area contributed by atoms with Crippen molar-refractivity contribution in [2.75, 3.05) is 15.5 Å². The zero-order valence-electron chi connectivity index (χ0n) is 19.9. The highest BCUT2D eigenvalue weighted by Crippen LogP contribution is 2.38. The van der Waals surface area contributed by atoms with Crippen molar-refractivity contribution in [1.82, 2.24) is 0 Å². The molecule has 0 unspecified atom stereocenters. The van der Waals surface area contributed by atoms with Crippen molar-refractivity contribution in [3.05, 3.63) is 95.0 Å². The van der Waals surface area contributed by atoms with E-state index in [4.69, 9.17) is 0 Å². The highest BCUT2D eigenvalue weighted by Gasteiger charge is 2.40. The second-order valence-corrected chi connectivity index (χ2v) is 9.83. The summed E-state index contributed by atoms with van der Waals surface area (Å²) < 4.78 is 0. The van der Waals surface area contributed by atoms with Gasteiger partial charge in [0.05, 0.1) is 5.69 Å². The number of carbonyl (C=O) groups is 3. The molecule has 0 atom stereocenters. The van der Waals surface area contributed by atoms with Crippen molar-refractivity contribution < 1.29 is 14.4 Å². The van der Waals surface area contributed by atoms with Crippen LogP contribution in [0.25, 0.3) is 0 Å². The SMILES string of the molecule is Cc1ccc(NC2=C(Sc3ccc(NC(=O)CC(C)C)cc3)C(=O)N(c3ccccc3)C2=O)cc1. The van der Waals surface area contributed by atoms with Crippen LogP contribution in [0, 0.1) is 12.8 Å². The van der Waals surface area contributed by atoms with E-state index in [0.29, 0.717) is 22.7 Å². The lowest BCUT2D eigenvalue weighted by Gasteiger charge is -2.15. The molecule has 0 bridgehead atoms. The summed E-state index contributed by atoms with van der Waals surface area (Å²) in [6.45, 7) is 5.97. The Labute approximate surface area is 209 Å². The number of carbonyl (C=O) groups excluding carboxylic acids is 3. The van der Waals surface area contributed by atoms with Crippen LogP contribution in [0.4, 0.5) is 17.1 Å². The Morgan fingerprint density at radius 3 is 2.11 bits per heavy atom. The third kappa shape index (κ3) is 5.81. The Hall–Kier alpha value is -3.84. The highest BCUT2D eigenvalue weighted by atomic mass is 32.2. The van der Waals surface area contributed by atoms with E-state index in [9.17, 15) is 14.4 Å². The number of para-hydroxylation sites is 1. The van der Waals surface area contributed by atoms with Gasteiger partial charge in [-0.25, -0.2) is 4.90 Å². The highest BCUT2D eigenvalue weighted by molar-refractivity contribution is 8.04. The number of aryl methyl sites for hydroxylation is 1. The first-order valence-corrected chi connectivity index (χ1v) is 12.2. The average Bonchev–Trinajstić information content (AvgIpc) is 3.05. The van der Waals surface area contributed by atoms with E-state index in [1.807, 2.05) is 63.2 Å². The molecule has 2 N–H and O–H groups in total. The summed E-state index contributed by atoms with van der Waals surface area (Å²) >= 11 is 1.22. The Balaban J connectivity index is 1.61. The molecule has 1 aliphatic heterocycles. The number of benzene rings is 3. The van der Waals surface area contributed by atoms with Crippen LogP contribution < -0.4 is 15.5 Å². The molecule has 4 rings (SSSR count). The number of amides is 3. The van der Waals surface area contributed by atoms with Crippen molar-refractivity contribution in [1.29, 1.82) is 0 Å². The van der Waals surface area contributed by atoms with Gasteiger partial charge in [-0.15, -0.1) is 0 Å². The van der Waals surface area contributed by atoms with Gasteiger partial charge in [-0.2, -0.15) is 0 Å². The van der Waals surface area contributed by atoms with Crippen LogP contribution in [-0.4, -0.2) is 17.7 Å². The van der Waals surface area contributed by atoms with Crippen molar-refractivity contribution in [3.63, 3.8) is 0 Å². The van der Waals surface area contributed by atoms with Crippen LogP contribution in [0.1, 0.15) is 25.8 Å². The Bertz CT molecular complexity index is 1270. The second kappa shape index (κ2) is 10.6. The number of thioether (sulfide) groups is 1. The molecule has 1 aliphatic rings. The van der Waals surface area contributed by atoms with Crippen molar-refractivity contribution in [2.24, 2.45) is 5.92 Å². The van der Waals surface area contributed by atoms with Crippen LogP contribution in [-0.2, 0) is 14.4 Å². The maximum Gasteiger partial charge on any atom is 0.283 e. The lowest BCUT2D eigenvalue weighted by molar-refractivity contribution is -0.120. The molecule has 0 saturated carbocycles. The van der Waals surface area contributed by atoms with Crippen LogP contribution in [0.2, 0.25) is 0 Å². The van der Waals surface area contributed by atoms with Gasteiger partial charge in [-0.05, 0) is 61.4 Å². The van der Waals surface area contributed by atoms with Gasteiger partial charge in [0.15, 0.2) is 0 Å². The van der Waals surface area contributed by atoms with Gasteiger partial charge < -0.3 is 10.6 Å². The van der Waals surface area contributed by atoms with Gasteiger partial charge in [0.2, 0.25) is 5.91 Å². The zero-order chi connectivity index (χ0) is 24.9. The van der Waals surface area contributed by atoms with Crippen LogP contribution in [0.15, 0.2) is 94.4 Å². The summed E-state index contributed by atoms with van der Waals surface area (Å²) in [4.78, 5) is 41.1. The third-order valence-electron chi connectivity index (χ3n) is 5.33. The molecule has 3 aromatic carbocycles. The summed E-state index contributed by atoms with van der Waals surface area (Å²) in [5, 5.41) is 6.05. The van der Waals surface area contributed by atoms with Crippen LogP contribution >= 0.6 is 11.8 Å². The number of nitrogens with zero attached hydrogens (tertiary/aromatic N) is 1. The quantitative estimate of drug-likeness (QED) is 0.385. The molecule has 0 aromatic heterocycles. The second-order valence-electron chi connectivity index (χ2n) is 8.75. The molecule has 0 saturated heterocycles. The van der Waals surface area contributed by atoms with Crippen molar-refractivity contribution in [2.45, 2.75) is 32.1 Å². The van der Waals surface area contributed by atoms with E-state index in [1.165, 1.54) is 16.7 Å². The van der Waals surface area contributed by atoms with E-state index in [2.05, 4.69) is 10.6 Å². The number of nitrogens with one attached hydrogen (secondary N) is 2. The van der Waals surface area contributed by atoms with E-state index in [1.54, 1.807) is 36.4 Å². The van der Waals surface area contributed by atoms with E-state index in [-0.39, 0.29) is 23.4 Å². The average molecular weight is 486 g/mol. The Kier molecular flexibility index (Phi) is 7.36. The van der Waals surface area contributed by atoms with Crippen LogP contribution in [0.3, 0.4) is 0 Å². The fraction of sp³-hybridized carbons (Fsp3) is 0.179. The molecule has 3 aromatic rings. The van der Waals surface area contributed by atoms with Gasteiger partial charge in [0.25, 0.3) is 11.8 Å². The predicted molar refractivity (Wildman–Crippen MR) is 141 cm³/mol. The zero-order valence-corrected chi connectivity index (χ0v) is 20.7. The molecule has 0 spiro atoms. The standard InChI is InChI=1S/C28H27N3O3S/c1-18(2)17-24(32)29-20-13-15-23(16-14-20)35-26-25(30-21-11-9-19(3)10-12-21)27(33)31(28(26)34)22-7-5-4-6-8-22/h4-16,18,30H,17H2,1-3H3,(H,29,32). The van der Waals surface area contributed by atoms with Crippen molar-refractivity contribution >= 4 is 46.5 Å². The van der Waals surface area contributed by atoms with Gasteiger partial charge in [0.1, 0.15) is 10.6 Å². The van der Waals surface area contributed by atoms with Gasteiger partial charge >= 0.3 is 0 Å². The monoisotopic (exact) mass is 485 g/mol. The van der Waals surface area contributed by atoms with Gasteiger partial charge in [-0.3, -0.25) is 14.4 Å². The van der Waals surface area contributed by atoms with E-state index < -0.39 is 5.91 Å². The largest absolute Gasteiger partial charge is 0.350 e. The molecule has 7 heteroatoms. The minimum atomic E-state index is -0.401. The first kappa shape index (κ1) is 24.3. The summed E-state index contributed by atoms with van der Waals surface area (Å²) in [7, 11) is 0. The lowest BCUT2D eigenvalue weighted by Crippen LogP contribution is -2.32. The van der Waals surface area contributed by atoms with Crippen LogP contribution in [0.5, 0.6) is 0 Å². The predicted octanol–water partition coefficient (Wildman–Crippen LogP) is 5.97. The fourth-order valence-corrected chi connectivity index (χ4v) is 4.54. The molecule has 35 heavy (non-hydrogen) atoms. The van der Waals surface area contributed by atoms with Crippen molar-refractivity contribution in [3.8, 4) is 0 Å². The molecule has 0 radical (unpaired) electrons. The maximum absolute atomic E-state index is 13.4. The normalized spacial score (nSPS) is 13.5. The first-order valence-electron chi connectivity index (χ1n) is 11.4. The van der Waals surface area contributed by atoms with E-state index in [0.717, 1.165) is 16.1 Å². The third-order valence-corrected chi connectivity index (χ3v) is 6.42. The number of hydrogen-bond acceptors (Lipinski definition) is 5. The van der Waals surface area contributed by atoms with Gasteiger partial charge in [0, 0.05) is 22.7 Å². The molecule has 6 nitrogen and oxygen atoms in total. The Morgan fingerprint density at radius 1 is 0.857 bits per heavy atom. The van der Waals surface area contributed by atoms with E-state index >= 15 is 0 Å². The summed E-state index contributed by atoms with van der Waals surface area (Å²) in [5.74, 6) is -0.547. The maximum atomic E-state index is 13.4. The molecule has 178 valence electrons. The van der Waals surface area contributed by atoms with Gasteiger partial charge in [-0.1, -0.05) is 61.5 Å². The number of anilines is 3. The smallest absolute Gasteiger partial charge is 0.283 e. The summed E-state index contributed by atoms with van der Waals surface area (Å²) in [6, 6.07) is 23.8. The lowest BCUT2D eigenvalue weighted by atomic mass is 10.1.